The number of fused-ring (bicyclic) bond motifs is 2. The van der Waals surface area contributed by atoms with E-state index in [1.807, 2.05) is 6.92 Å². The fraction of sp³-hybridized carbons (Fsp3) is 0.696. The Morgan fingerprint density at radius 3 is 2.43 bits per heavy atom. The molecule has 1 aliphatic heterocycles. The number of allylic oxidation sites excluding steroid dienone is 1. The normalized spacial score (nSPS) is 38.5. The molecule has 7 heteroatoms. The summed E-state index contributed by atoms with van der Waals surface area (Å²) in [5.41, 5.74) is 0.998. The van der Waals surface area contributed by atoms with Gasteiger partial charge >= 0.3 is 17.9 Å². The topological polar surface area (TPSA) is 88.1 Å². The minimum absolute atomic E-state index is 0.0528. The first kappa shape index (κ1) is 22.5. The molecule has 0 aromatic carbocycles. The number of carbonyl (C=O) groups is 3. The van der Waals surface area contributed by atoms with Gasteiger partial charge in [0.25, 0.3) is 0 Å². The minimum Gasteiger partial charge on any atom is -0.459 e. The zero-order chi connectivity index (χ0) is 22.4. The third kappa shape index (κ3) is 3.27. The van der Waals surface area contributed by atoms with Gasteiger partial charge in [-0.3, -0.25) is 4.79 Å². The summed E-state index contributed by atoms with van der Waals surface area (Å²) in [7, 11) is 1.51. The molecule has 0 aromatic rings. The molecule has 0 unspecified atom stereocenters. The summed E-state index contributed by atoms with van der Waals surface area (Å²) in [6, 6.07) is 0. The van der Waals surface area contributed by atoms with E-state index in [0.717, 1.165) is 6.42 Å². The van der Waals surface area contributed by atoms with Crippen molar-refractivity contribution >= 4 is 17.9 Å². The molecule has 0 aromatic heterocycles. The summed E-state index contributed by atoms with van der Waals surface area (Å²) in [4.78, 5) is 37.0. The summed E-state index contributed by atoms with van der Waals surface area (Å²) in [6.07, 6.45) is 2.60. The van der Waals surface area contributed by atoms with E-state index in [2.05, 4.69) is 6.92 Å². The molecule has 1 heterocycles. The molecule has 2 fully saturated rings. The molecule has 0 saturated heterocycles. The predicted molar refractivity (Wildman–Crippen MR) is 108 cm³/mol. The predicted octanol–water partition coefficient (Wildman–Crippen LogP) is 3.47. The van der Waals surface area contributed by atoms with Crippen molar-refractivity contribution < 1.29 is 33.3 Å². The van der Waals surface area contributed by atoms with Gasteiger partial charge in [0.15, 0.2) is 0 Å². The van der Waals surface area contributed by atoms with Crippen LogP contribution < -0.4 is 0 Å². The molecule has 0 bridgehead atoms. The molecule has 3 rings (SSSR count). The molecule has 0 N–H and O–H groups in total. The summed E-state index contributed by atoms with van der Waals surface area (Å²) < 4.78 is 23.1. The lowest BCUT2D eigenvalue weighted by atomic mass is 9.51. The van der Waals surface area contributed by atoms with Crippen LogP contribution in [-0.4, -0.2) is 43.0 Å². The first-order valence-electron chi connectivity index (χ1n) is 10.5. The van der Waals surface area contributed by atoms with Gasteiger partial charge < -0.3 is 18.9 Å². The molecule has 0 spiro atoms. The van der Waals surface area contributed by atoms with E-state index >= 15 is 0 Å². The number of ether oxygens (including phenoxy) is 4. The highest BCUT2D eigenvalue weighted by atomic mass is 16.7. The Bertz CT molecular complexity index is 825. The molecule has 0 radical (unpaired) electrons. The molecule has 30 heavy (non-hydrogen) atoms. The molecule has 166 valence electrons. The van der Waals surface area contributed by atoms with Crippen LogP contribution in [0, 0.1) is 17.3 Å². The second-order valence-corrected chi connectivity index (χ2v) is 8.92. The smallest absolute Gasteiger partial charge is 0.336 e. The van der Waals surface area contributed by atoms with Crippen molar-refractivity contribution in [1.82, 2.24) is 0 Å². The maximum absolute atomic E-state index is 12.5. The van der Waals surface area contributed by atoms with Crippen molar-refractivity contribution in [3.8, 4) is 0 Å². The lowest BCUT2D eigenvalue weighted by molar-refractivity contribution is -0.244. The second-order valence-electron chi connectivity index (χ2n) is 8.92. The Balaban J connectivity index is 2.05. The van der Waals surface area contributed by atoms with Crippen molar-refractivity contribution in [3.63, 3.8) is 0 Å². The van der Waals surface area contributed by atoms with Crippen LogP contribution in [-0.2, 0) is 33.3 Å². The van der Waals surface area contributed by atoms with E-state index in [4.69, 9.17) is 18.9 Å². The van der Waals surface area contributed by atoms with Gasteiger partial charge in [0, 0.05) is 42.9 Å². The number of methoxy groups -OCH3 is 1. The molecular formula is C23H32O7. The fourth-order valence-electron chi connectivity index (χ4n) is 5.43. The number of rotatable bonds is 4. The van der Waals surface area contributed by atoms with Crippen molar-refractivity contribution in [2.75, 3.05) is 7.11 Å². The number of esters is 3. The third-order valence-electron chi connectivity index (χ3n) is 7.57. The van der Waals surface area contributed by atoms with Gasteiger partial charge in [0.2, 0.25) is 5.79 Å². The second kappa shape index (κ2) is 7.84. The van der Waals surface area contributed by atoms with Gasteiger partial charge in [-0.05, 0) is 39.5 Å². The molecule has 2 saturated carbocycles. The molecule has 2 aliphatic carbocycles. The summed E-state index contributed by atoms with van der Waals surface area (Å²) >= 11 is 0. The highest BCUT2D eigenvalue weighted by molar-refractivity contribution is 5.93. The van der Waals surface area contributed by atoms with Crippen LogP contribution in [0.1, 0.15) is 60.8 Å². The van der Waals surface area contributed by atoms with Gasteiger partial charge in [-0.2, -0.15) is 0 Å². The largest absolute Gasteiger partial charge is 0.459 e. The average Bonchev–Trinajstić information content (AvgIpc) is 2.95. The van der Waals surface area contributed by atoms with Gasteiger partial charge in [-0.1, -0.05) is 19.9 Å². The maximum Gasteiger partial charge on any atom is 0.336 e. The maximum atomic E-state index is 12.5. The lowest BCUT2D eigenvalue weighted by Crippen LogP contribution is -2.62. The standard InChI is InChI=1S/C23H32O7/c1-8-12(2)20(25)29-17-10-9-16-11-23(27-7)18(13(3)21(26)30-23)19(28-15(5)24)22(16,6)14(17)4/h8,14,16-17,19H,9-11H2,1-7H3/b12-8-/t14-,16+,17-,19+,22+,23+/m0/s1. The van der Waals surface area contributed by atoms with Crippen molar-refractivity contribution in [3.05, 3.63) is 22.8 Å². The molecular weight excluding hydrogens is 388 g/mol. The van der Waals surface area contributed by atoms with E-state index < -0.39 is 29.2 Å². The SMILES string of the molecule is C/C=C(/C)C(=O)O[C@H]1CC[C@@H]2C[C@@]3(OC)OC(=O)C(C)=C3[C@@H](OC(C)=O)[C@]2(C)[C@H]1C. The van der Waals surface area contributed by atoms with Gasteiger partial charge in [-0.15, -0.1) is 0 Å². The van der Waals surface area contributed by atoms with Gasteiger partial charge in [0.05, 0.1) is 5.57 Å². The minimum atomic E-state index is -1.21. The Kier molecular flexibility index (Phi) is 5.89. The quantitative estimate of drug-likeness (QED) is 0.391. The van der Waals surface area contributed by atoms with Gasteiger partial charge in [-0.25, -0.2) is 9.59 Å². The van der Waals surface area contributed by atoms with Crippen molar-refractivity contribution in [1.29, 1.82) is 0 Å². The van der Waals surface area contributed by atoms with Crippen LogP contribution in [0.2, 0.25) is 0 Å². The highest BCUT2D eigenvalue weighted by Crippen LogP contribution is 2.61. The van der Waals surface area contributed by atoms with E-state index in [1.165, 1.54) is 14.0 Å². The van der Waals surface area contributed by atoms with Crippen LogP contribution >= 0.6 is 0 Å². The zero-order valence-corrected chi connectivity index (χ0v) is 18.9. The first-order chi connectivity index (χ1) is 14.0. The number of hydrogen-bond donors (Lipinski definition) is 0. The zero-order valence-electron chi connectivity index (χ0n) is 18.9. The summed E-state index contributed by atoms with van der Waals surface area (Å²) in [5.74, 6) is -2.50. The van der Waals surface area contributed by atoms with E-state index in [0.29, 0.717) is 29.6 Å². The first-order valence-corrected chi connectivity index (χ1v) is 10.5. The Morgan fingerprint density at radius 1 is 1.20 bits per heavy atom. The molecule has 6 atom stereocenters. The van der Waals surface area contributed by atoms with E-state index in [1.54, 1.807) is 26.8 Å². The Hall–Kier alpha value is -2.15. The van der Waals surface area contributed by atoms with E-state index in [-0.39, 0.29) is 23.9 Å². The van der Waals surface area contributed by atoms with Crippen LogP contribution in [0.3, 0.4) is 0 Å². The fourth-order valence-corrected chi connectivity index (χ4v) is 5.43. The van der Waals surface area contributed by atoms with Crippen LogP contribution in [0.5, 0.6) is 0 Å². The molecule has 7 nitrogen and oxygen atoms in total. The number of hydrogen-bond acceptors (Lipinski definition) is 7. The molecule has 3 aliphatic rings. The Labute approximate surface area is 177 Å². The van der Waals surface area contributed by atoms with Crippen LogP contribution in [0.15, 0.2) is 22.8 Å². The highest BCUT2D eigenvalue weighted by Gasteiger charge is 2.66. The number of carbonyl (C=O) groups excluding carboxylic acids is 3. The van der Waals surface area contributed by atoms with Crippen molar-refractivity contribution in [2.24, 2.45) is 17.3 Å². The molecule has 0 amide bonds. The average molecular weight is 421 g/mol. The third-order valence-corrected chi connectivity index (χ3v) is 7.57. The van der Waals surface area contributed by atoms with E-state index in [9.17, 15) is 14.4 Å². The van der Waals surface area contributed by atoms with Crippen LogP contribution in [0.25, 0.3) is 0 Å². The Morgan fingerprint density at radius 2 is 1.87 bits per heavy atom. The van der Waals surface area contributed by atoms with Crippen LogP contribution in [0.4, 0.5) is 0 Å². The summed E-state index contributed by atoms with van der Waals surface area (Å²) in [5, 5.41) is 0. The van der Waals surface area contributed by atoms with Crippen molar-refractivity contribution in [2.45, 2.75) is 78.8 Å². The lowest BCUT2D eigenvalue weighted by Gasteiger charge is -2.58. The summed E-state index contributed by atoms with van der Waals surface area (Å²) in [6.45, 7) is 10.6. The monoisotopic (exact) mass is 420 g/mol. The van der Waals surface area contributed by atoms with Gasteiger partial charge in [0.1, 0.15) is 12.2 Å².